The van der Waals surface area contributed by atoms with Crippen LogP contribution < -0.4 is 0 Å². The first-order chi connectivity index (χ1) is 11.4. The predicted octanol–water partition coefficient (Wildman–Crippen LogP) is 0.809. The summed E-state index contributed by atoms with van der Waals surface area (Å²) in [5.74, 6) is -0.159. The summed E-state index contributed by atoms with van der Waals surface area (Å²) in [5, 5.41) is 0. The Labute approximate surface area is 142 Å². The van der Waals surface area contributed by atoms with Crippen molar-refractivity contribution in [3.63, 3.8) is 0 Å². The van der Waals surface area contributed by atoms with Crippen LogP contribution in [0.2, 0.25) is 0 Å². The largest absolute Gasteiger partial charge is 0.464 e. The molecule has 1 saturated heterocycles. The molecule has 2 heterocycles. The van der Waals surface area contributed by atoms with Gasteiger partial charge in [-0.2, -0.15) is 8.42 Å². The van der Waals surface area contributed by atoms with Gasteiger partial charge in [0.05, 0.1) is 31.9 Å². The second-order valence-electron chi connectivity index (χ2n) is 5.81. The highest BCUT2D eigenvalue weighted by atomic mass is 32.2. The monoisotopic (exact) mass is 357 g/mol. The van der Waals surface area contributed by atoms with Gasteiger partial charge >= 0.3 is 5.97 Å². The van der Waals surface area contributed by atoms with E-state index in [0.29, 0.717) is 12.3 Å². The minimum absolute atomic E-state index is 0.213. The van der Waals surface area contributed by atoms with E-state index in [1.54, 1.807) is 6.20 Å². The fraction of sp³-hybridized carbons (Fsp3) is 0.667. The van der Waals surface area contributed by atoms with Gasteiger partial charge in [0.15, 0.2) is 5.69 Å². The van der Waals surface area contributed by atoms with Crippen LogP contribution >= 0.6 is 0 Å². The molecule has 0 aromatic carbocycles. The van der Waals surface area contributed by atoms with Gasteiger partial charge in [-0.3, -0.25) is 9.17 Å². The highest BCUT2D eigenvalue weighted by molar-refractivity contribution is 7.85. The molecule has 8 nitrogen and oxygen atoms in total. The van der Waals surface area contributed by atoms with Crippen molar-refractivity contribution >= 4 is 16.1 Å². The van der Waals surface area contributed by atoms with Crippen molar-refractivity contribution in [1.82, 2.24) is 14.9 Å². The van der Waals surface area contributed by atoms with Crippen LogP contribution in [-0.2, 0) is 19.0 Å². The Morgan fingerprint density at radius 3 is 2.54 bits per heavy atom. The van der Waals surface area contributed by atoms with E-state index >= 15 is 0 Å². The summed E-state index contributed by atoms with van der Waals surface area (Å²) in [4.78, 5) is 22.1. The van der Waals surface area contributed by atoms with Crippen LogP contribution in [-0.4, -0.2) is 68.9 Å². The molecule has 1 aliphatic heterocycles. The molecule has 0 amide bonds. The lowest BCUT2D eigenvalue weighted by atomic mass is 9.93. The molecule has 9 heteroatoms. The van der Waals surface area contributed by atoms with Crippen molar-refractivity contribution < 1.29 is 22.1 Å². The van der Waals surface area contributed by atoms with Gasteiger partial charge in [-0.05, 0) is 32.4 Å². The number of aromatic nitrogens is 2. The second kappa shape index (κ2) is 8.50. The molecule has 24 heavy (non-hydrogen) atoms. The van der Waals surface area contributed by atoms with Gasteiger partial charge in [0.25, 0.3) is 10.1 Å². The molecular weight excluding hydrogens is 334 g/mol. The number of methoxy groups -OCH3 is 1. The average Bonchev–Trinajstić information content (AvgIpc) is 2.58. The fourth-order valence-corrected chi connectivity index (χ4v) is 3.13. The molecule has 1 fully saturated rings. The molecule has 1 aliphatic rings. The molecule has 0 radical (unpaired) electrons. The van der Waals surface area contributed by atoms with Crippen molar-refractivity contribution in [3.05, 3.63) is 23.8 Å². The molecule has 1 aromatic rings. The molecule has 0 spiro atoms. The van der Waals surface area contributed by atoms with Gasteiger partial charge < -0.3 is 9.64 Å². The summed E-state index contributed by atoms with van der Waals surface area (Å²) < 4.78 is 31.1. The molecule has 0 saturated carbocycles. The first kappa shape index (κ1) is 18.8. The van der Waals surface area contributed by atoms with Gasteiger partial charge in [-0.15, -0.1) is 0 Å². The SMILES string of the molecule is COC(=O)c1cnc(C2CCN(CCCOS(C)(=O)=O)CC2)cn1. The Morgan fingerprint density at radius 1 is 1.29 bits per heavy atom. The smallest absolute Gasteiger partial charge is 0.358 e. The maximum atomic E-state index is 11.4. The van der Waals surface area contributed by atoms with Crippen molar-refractivity contribution in [3.8, 4) is 0 Å². The minimum Gasteiger partial charge on any atom is -0.464 e. The van der Waals surface area contributed by atoms with Crippen LogP contribution in [0.5, 0.6) is 0 Å². The van der Waals surface area contributed by atoms with Crippen LogP contribution in [0, 0.1) is 0 Å². The topological polar surface area (TPSA) is 98.7 Å². The highest BCUT2D eigenvalue weighted by Gasteiger charge is 2.22. The number of rotatable bonds is 7. The summed E-state index contributed by atoms with van der Waals surface area (Å²) in [5.41, 5.74) is 1.10. The van der Waals surface area contributed by atoms with Crippen molar-refractivity contribution in [2.24, 2.45) is 0 Å². The molecule has 1 aromatic heterocycles. The zero-order valence-corrected chi connectivity index (χ0v) is 14.8. The van der Waals surface area contributed by atoms with Crippen LogP contribution in [0.4, 0.5) is 0 Å². The zero-order chi connectivity index (χ0) is 17.6. The summed E-state index contributed by atoms with van der Waals surface area (Å²) in [7, 11) is -2.04. The normalized spacial score (nSPS) is 16.9. The number of piperidine rings is 1. The third-order valence-corrected chi connectivity index (χ3v) is 4.58. The number of carbonyl (C=O) groups is 1. The van der Waals surface area contributed by atoms with E-state index in [1.165, 1.54) is 13.3 Å². The standard InChI is InChI=1S/C15H23N3O5S/c1-22-15(19)14-11-16-13(10-17-14)12-4-7-18(8-5-12)6-3-9-23-24(2,20)21/h10-12H,3-9H2,1-2H3. The van der Waals surface area contributed by atoms with E-state index in [0.717, 1.165) is 44.4 Å². The van der Waals surface area contributed by atoms with E-state index in [9.17, 15) is 13.2 Å². The third kappa shape index (κ3) is 5.81. The summed E-state index contributed by atoms with van der Waals surface area (Å²) >= 11 is 0. The average molecular weight is 357 g/mol. The third-order valence-electron chi connectivity index (χ3n) is 3.99. The fourth-order valence-electron chi connectivity index (χ4n) is 2.71. The van der Waals surface area contributed by atoms with Gasteiger partial charge in [0.1, 0.15) is 0 Å². The molecule has 0 unspecified atom stereocenters. The van der Waals surface area contributed by atoms with E-state index in [2.05, 4.69) is 19.6 Å². The van der Waals surface area contributed by atoms with Crippen LogP contribution in [0.15, 0.2) is 12.4 Å². The van der Waals surface area contributed by atoms with E-state index in [1.807, 2.05) is 0 Å². The molecule has 0 aliphatic carbocycles. The van der Waals surface area contributed by atoms with Gasteiger partial charge in [0, 0.05) is 18.7 Å². The lowest BCUT2D eigenvalue weighted by Crippen LogP contribution is -2.34. The Balaban J connectivity index is 1.75. The number of hydrogen-bond donors (Lipinski definition) is 0. The quantitative estimate of drug-likeness (QED) is 0.402. The first-order valence-corrected chi connectivity index (χ1v) is 9.67. The van der Waals surface area contributed by atoms with Crippen molar-refractivity contribution in [2.75, 3.05) is 39.6 Å². The van der Waals surface area contributed by atoms with Crippen molar-refractivity contribution in [1.29, 1.82) is 0 Å². The van der Waals surface area contributed by atoms with Crippen molar-refractivity contribution in [2.45, 2.75) is 25.2 Å². The van der Waals surface area contributed by atoms with Crippen LogP contribution in [0.25, 0.3) is 0 Å². The Hall–Kier alpha value is -1.58. The maximum absolute atomic E-state index is 11.4. The van der Waals surface area contributed by atoms with Gasteiger partial charge in [-0.1, -0.05) is 0 Å². The number of carbonyl (C=O) groups excluding carboxylic acids is 1. The van der Waals surface area contributed by atoms with Crippen LogP contribution in [0.1, 0.15) is 41.4 Å². The number of esters is 1. The summed E-state index contributed by atoms with van der Waals surface area (Å²) in [6.45, 7) is 2.88. The molecule has 2 rings (SSSR count). The first-order valence-electron chi connectivity index (χ1n) is 7.86. The zero-order valence-electron chi connectivity index (χ0n) is 14.0. The van der Waals surface area contributed by atoms with E-state index in [-0.39, 0.29) is 12.3 Å². The maximum Gasteiger partial charge on any atom is 0.358 e. The molecule has 134 valence electrons. The Morgan fingerprint density at radius 2 is 2.00 bits per heavy atom. The minimum atomic E-state index is -3.35. The molecule has 0 atom stereocenters. The number of likely N-dealkylation sites (tertiary alicyclic amines) is 1. The number of nitrogens with zero attached hydrogens (tertiary/aromatic N) is 3. The van der Waals surface area contributed by atoms with Gasteiger partial charge in [-0.25, -0.2) is 9.78 Å². The lowest BCUT2D eigenvalue weighted by Gasteiger charge is -2.31. The lowest BCUT2D eigenvalue weighted by molar-refractivity contribution is 0.0593. The number of hydrogen-bond acceptors (Lipinski definition) is 8. The van der Waals surface area contributed by atoms with E-state index in [4.69, 9.17) is 4.18 Å². The molecule has 0 bridgehead atoms. The van der Waals surface area contributed by atoms with E-state index < -0.39 is 16.1 Å². The highest BCUT2D eigenvalue weighted by Crippen LogP contribution is 2.26. The molecule has 0 N–H and O–H groups in total. The summed E-state index contributed by atoms with van der Waals surface area (Å²) in [6, 6.07) is 0. The predicted molar refractivity (Wildman–Crippen MR) is 87.2 cm³/mol. The second-order valence-corrected chi connectivity index (χ2v) is 7.46. The number of ether oxygens (including phenoxy) is 1. The molecular formula is C15H23N3O5S. The summed E-state index contributed by atoms with van der Waals surface area (Å²) in [6.07, 6.45) is 6.76. The Bertz CT molecular complexity index is 640. The van der Waals surface area contributed by atoms with Crippen LogP contribution in [0.3, 0.4) is 0 Å². The Kier molecular flexibility index (Phi) is 6.64. The van der Waals surface area contributed by atoms with Gasteiger partial charge in [0.2, 0.25) is 0 Å².